The number of rotatable bonds is 6. The van der Waals surface area contributed by atoms with E-state index in [4.69, 9.17) is 5.73 Å². The van der Waals surface area contributed by atoms with Gasteiger partial charge in [-0.3, -0.25) is 9.00 Å². The molecular weight excluding hydrogens is 224 g/mol. The summed E-state index contributed by atoms with van der Waals surface area (Å²) < 4.78 is 13.2. The first-order valence-corrected chi connectivity index (χ1v) is 6.88. The summed E-state index contributed by atoms with van der Waals surface area (Å²) in [7, 11) is -0.943. The van der Waals surface area contributed by atoms with Crippen LogP contribution >= 0.6 is 0 Å². The number of pyridine rings is 1. The molecule has 1 aromatic rings. The van der Waals surface area contributed by atoms with Crippen LogP contribution in [0.4, 0.5) is 0 Å². The molecule has 1 rings (SSSR count). The van der Waals surface area contributed by atoms with E-state index in [0.29, 0.717) is 18.1 Å². The number of aryl methyl sites for hydroxylation is 1. The van der Waals surface area contributed by atoms with Crippen LogP contribution in [0.5, 0.6) is 0 Å². The van der Waals surface area contributed by atoms with Gasteiger partial charge in [-0.05, 0) is 12.5 Å². The first-order chi connectivity index (χ1) is 7.63. The summed E-state index contributed by atoms with van der Waals surface area (Å²) in [5.41, 5.74) is 5.65. The molecule has 5 heteroatoms. The van der Waals surface area contributed by atoms with E-state index in [2.05, 4.69) is 0 Å². The highest BCUT2D eigenvalue weighted by molar-refractivity contribution is 7.85. The van der Waals surface area contributed by atoms with Crippen LogP contribution in [-0.2, 0) is 17.3 Å². The van der Waals surface area contributed by atoms with E-state index in [1.165, 1.54) is 6.07 Å². The van der Waals surface area contributed by atoms with Gasteiger partial charge in [0, 0.05) is 47.2 Å². The minimum absolute atomic E-state index is 0.00618. The molecule has 0 aliphatic carbocycles. The van der Waals surface area contributed by atoms with Gasteiger partial charge in [-0.2, -0.15) is 0 Å². The van der Waals surface area contributed by atoms with Crippen LogP contribution in [0.25, 0.3) is 0 Å². The Morgan fingerprint density at radius 2 is 2.25 bits per heavy atom. The average molecular weight is 242 g/mol. The molecule has 0 aliphatic heterocycles. The molecule has 0 bridgehead atoms. The Bertz CT molecular complexity index is 403. The molecule has 16 heavy (non-hydrogen) atoms. The Balaban J connectivity index is 2.43. The van der Waals surface area contributed by atoms with E-state index >= 15 is 0 Å². The number of nitrogens with zero attached hydrogens (tertiary/aromatic N) is 1. The predicted molar refractivity (Wildman–Crippen MR) is 66.8 cm³/mol. The van der Waals surface area contributed by atoms with E-state index < -0.39 is 10.8 Å². The van der Waals surface area contributed by atoms with Crippen LogP contribution in [-0.4, -0.2) is 26.3 Å². The zero-order valence-corrected chi connectivity index (χ0v) is 10.3. The second-order valence-corrected chi connectivity index (χ2v) is 5.33. The maximum Gasteiger partial charge on any atom is 0.250 e. The lowest BCUT2D eigenvalue weighted by Gasteiger charge is -2.09. The SMILES string of the molecule is CCC(N)CS(=O)CCn1ccccc1=O. The van der Waals surface area contributed by atoms with Gasteiger partial charge >= 0.3 is 0 Å². The molecule has 0 spiro atoms. The van der Waals surface area contributed by atoms with Crippen molar-refractivity contribution in [1.29, 1.82) is 0 Å². The summed E-state index contributed by atoms with van der Waals surface area (Å²) in [6.07, 6.45) is 2.54. The summed E-state index contributed by atoms with van der Waals surface area (Å²) in [6, 6.07) is 4.99. The highest BCUT2D eigenvalue weighted by Crippen LogP contribution is 1.93. The van der Waals surface area contributed by atoms with Crippen LogP contribution in [0.2, 0.25) is 0 Å². The largest absolute Gasteiger partial charge is 0.327 e. The lowest BCUT2D eigenvalue weighted by atomic mass is 10.3. The normalized spacial score (nSPS) is 14.6. The lowest BCUT2D eigenvalue weighted by Crippen LogP contribution is -2.29. The molecule has 0 amide bonds. The first kappa shape index (κ1) is 13.1. The summed E-state index contributed by atoms with van der Waals surface area (Å²) in [5, 5.41) is 0. The lowest BCUT2D eigenvalue weighted by molar-refractivity contribution is 0.652. The molecule has 0 saturated heterocycles. The highest BCUT2D eigenvalue weighted by atomic mass is 32.2. The third kappa shape index (κ3) is 4.28. The summed E-state index contributed by atoms with van der Waals surface area (Å²) in [6.45, 7) is 2.46. The fourth-order valence-electron chi connectivity index (χ4n) is 1.29. The summed E-state index contributed by atoms with van der Waals surface area (Å²) in [4.78, 5) is 11.3. The topological polar surface area (TPSA) is 65.1 Å². The van der Waals surface area contributed by atoms with Crippen LogP contribution < -0.4 is 11.3 Å². The molecule has 1 aromatic heterocycles. The molecular formula is C11H18N2O2S. The van der Waals surface area contributed by atoms with E-state index in [-0.39, 0.29) is 11.6 Å². The predicted octanol–water partition coefficient (Wildman–Crippen LogP) is 0.334. The second-order valence-electron chi connectivity index (χ2n) is 3.71. The molecule has 0 fully saturated rings. The van der Waals surface area contributed by atoms with Gasteiger partial charge in [-0.1, -0.05) is 13.0 Å². The number of hydrogen-bond acceptors (Lipinski definition) is 3. The van der Waals surface area contributed by atoms with Crippen molar-refractivity contribution in [2.75, 3.05) is 11.5 Å². The third-order valence-electron chi connectivity index (χ3n) is 2.38. The summed E-state index contributed by atoms with van der Waals surface area (Å²) in [5.74, 6) is 0.996. The zero-order valence-electron chi connectivity index (χ0n) is 9.46. The molecule has 1 heterocycles. The standard InChI is InChI=1S/C11H18N2O2S/c1-2-10(12)9-16(15)8-7-13-6-4-3-5-11(13)14/h3-6,10H,2,7-9,12H2,1H3. The van der Waals surface area contributed by atoms with Crippen molar-refractivity contribution in [3.8, 4) is 0 Å². The number of hydrogen-bond donors (Lipinski definition) is 1. The van der Waals surface area contributed by atoms with Crippen LogP contribution in [0.15, 0.2) is 29.2 Å². The zero-order chi connectivity index (χ0) is 12.0. The number of nitrogens with two attached hydrogens (primary N) is 1. The average Bonchev–Trinajstić information content (AvgIpc) is 2.28. The monoisotopic (exact) mass is 242 g/mol. The maximum atomic E-state index is 11.6. The van der Waals surface area contributed by atoms with Crippen molar-refractivity contribution in [2.45, 2.75) is 25.9 Å². The molecule has 0 aliphatic rings. The van der Waals surface area contributed by atoms with Gasteiger partial charge in [0.1, 0.15) is 0 Å². The van der Waals surface area contributed by atoms with Crippen LogP contribution in [0.3, 0.4) is 0 Å². The fourth-order valence-corrected chi connectivity index (χ4v) is 2.57. The van der Waals surface area contributed by atoms with Gasteiger partial charge in [-0.25, -0.2) is 0 Å². The molecule has 2 unspecified atom stereocenters. The Labute approximate surface area is 97.9 Å². The van der Waals surface area contributed by atoms with E-state index in [9.17, 15) is 9.00 Å². The molecule has 90 valence electrons. The van der Waals surface area contributed by atoms with Gasteiger partial charge in [0.05, 0.1) is 0 Å². The van der Waals surface area contributed by atoms with Crippen molar-refractivity contribution in [3.63, 3.8) is 0 Å². The first-order valence-electron chi connectivity index (χ1n) is 5.39. The van der Waals surface area contributed by atoms with E-state index in [0.717, 1.165) is 6.42 Å². The van der Waals surface area contributed by atoms with Gasteiger partial charge in [-0.15, -0.1) is 0 Å². The van der Waals surface area contributed by atoms with Gasteiger partial charge < -0.3 is 10.3 Å². The van der Waals surface area contributed by atoms with Crippen molar-refractivity contribution < 1.29 is 4.21 Å². The second kappa shape index (κ2) is 6.60. The van der Waals surface area contributed by atoms with Gasteiger partial charge in [0.2, 0.25) is 0 Å². The van der Waals surface area contributed by atoms with Crippen LogP contribution in [0.1, 0.15) is 13.3 Å². The summed E-state index contributed by atoms with van der Waals surface area (Å²) >= 11 is 0. The van der Waals surface area contributed by atoms with Gasteiger partial charge in [0.25, 0.3) is 5.56 Å². The minimum atomic E-state index is -0.943. The number of aromatic nitrogens is 1. The van der Waals surface area contributed by atoms with Gasteiger partial charge in [0.15, 0.2) is 0 Å². The van der Waals surface area contributed by atoms with Crippen molar-refractivity contribution in [1.82, 2.24) is 4.57 Å². The Morgan fingerprint density at radius 1 is 1.50 bits per heavy atom. The van der Waals surface area contributed by atoms with Crippen molar-refractivity contribution in [2.24, 2.45) is 5.73 Å². The molecule has 2 atom stereocenters. The minimum Gasteiger partial charge on any atom is -0.327 e. The van der Waals surface area contributed by atoms with Crippen molar-refractivity contribution >= 4 is 10.8 Å². The quantitative estimate of drug-likeness (QED) is 0.782. The molecule has 4 nitrogen and oxygen atoms in total. The molecule has 2 N–H and O–H groups in total. The maximum absolute atomic E-state index is 11.6. The highest BCUT2D eigenvalue weighted by Gasteiger charge is 2.06. The van der Waals surface area contributed by atoms with Crippen molar-refractivity contribution in [3.05, 3.63) is 34.7 Å². The molecule has 0 aromatic carbocycles. The molecule has 0 radical (unpaired) electrons. The Hall–Kier alpha value is -0.940. The molecule has 0 saturated carbocycles. The van der Waals surface area contributed by atoms with Crippen LogP contribution in [0, 0.1) is 0 Å². The third-order valence-corrected chi connectivity index (χ3v) is 3.82. The van der Waals surface area contributed by atoms with E-state index in [1.54, 1.807) is 22.9 Å². The Morgan fingerprint density at radius 3 is 2.88 bits per heavy atom. The Kier molecular flexibility index (Phi) is 5.42. The van der Waals surface area contributed by atoms with E-state index in [1.807, 2.05) is 6.92 Å². The smallest absolute Gasteiger partial charge is 0.250 e. The fraction of sp³-hybridized carbons (Fsp3) is 0.545.